The molecule has 0 aliphatic rings. The number of amides is 1. The Morgan fingerprint density at radius 3 is 2.67 bits per heavy atom. The van der Waals surface area contributed by atoms with Crippen molar-refractivity contribution in [3.05, 3.63) is 22.4 Å². The minimum absolute atomic E-state index is 0.0548. The molecule has 1 N–H and O–H groups in total. The average Bonchev–Trinajstić information content (AvgIpc) is 2.50. The third-order valence-electron chi connectivity index (χ3n) is 2.04. The van der Waals surface area contributed by atoms with E-state index in [-0.39, 0.29) is 17.4 Å². The van der Waals surface area contributed by atoms with Gasteiger partial charge in [0, 0.05) is 11.3 Å². The lowest BCUT2D eigenvalue weighted by Gasteiger charge is -2.19. The molecule has 0 aliphatic heterocycles. The van der Waals surface area contributed by atoms with Gasteiger partial charge in [-0.05, 0) is 23.8 Å². The number of thiophene rings is 1. The van der Waals surface area contributed by atoms with Gasteiger partial charge in [0.1, 0.15) is 0 Å². The summed E-state index contributed by atoms with van der Waals surface area (Å²) in [4.78, 5) is 12.9. The van der Waals surface area contributed by atoms with E-state index in [9.17, 15) is 4.79 Å². The Hall–Kier alpha value is -0.830. The van der Waals surface area contributed by atoms with Crippen molar-refractivity contribution in [2.24, 2.45) is 5.41 Å². The fraction of sp³-hybridized carbons (Fsp3) is 0.583. The highest BCUT2D eigenvalue weighted by Crippen LogP contribution is 2.21. The van der Waals surface area contributed by atoms with Crippen molar-refractivity contribution in [1.82, 2.24) is 5.32 Å². The van der Waals surface area contributed by atoms with Crippen LogP contribution in [0, 0.1) is 5.41 Å². The molecule has 15 heavy (non-hydrogen) atoms. The first kappa shape index (κ1) is 12.2. The van der Waals surface area contributed by atoms with E-state index in [0.717, 1.165) is 0 Å². The number of carbonyl (C=O) groups excluding carboxylic acids is 1. The number of carbonyl (C=O) groups is 1. The van der Waals surface area contributed by atoms with Gasteiger partial charge in [0.15, 0.2) is 0 Å². The maximum atomic E-state index is 11.7. The van der Waals surface area contributed by atoms with E-state index in [1.54, 1.807) is 11.3 Å². The van der Waals surface area contributed by atoms with Crippen LogP contribution < -0.4 is 5.32 Å². The Balaban J connectivity index is 2.45. The van der Waals surface area contributed by atoms with Gasteiger partial charge in [0.2, 0.25) is 5.91 Å². The van der Waals surface area contributed by atoms with E-state index in [2.05, 4.69) is 26.1 Å². The average molecular weight is 225 g/mol. The van der Waals surface area contributed by atoms with Crippen molar-refractivity contribution in [1.29, 1.82) is 0 Å². The van der Waals surface area contributed by atoms with Crippen LogP contribution in [0.3, 0.4) is 0 Å². The number of hydrogen-bond donors (Lipinski definition) is 1. The van der Waals surface area contributed by atoms with Gasteiger partial charge in [-0.15, -0.1) is 11.3 Å². The first-order valence-electron chi connectivity index (χ1n) is 5.21. The summed E-state index contributed by atoms with van der Waals surface area (Å²) < 4.78 is 0. The zero-order valence-electron chi connectivity index (χ0n) is 9.83. The normalized spacial score (nSPS) is 13.6. The lowest BCUT2D eigenvalue weighted by atomic mass is 9.92. The van der Waals surface area contributed by atoms with Crippen LogP contribution in [-0.4, -0.2) is 5.91 Å². The van der Waals surface area contributed by atoms with Gasteiger partial charge in [-0.2, -0.15) is 0 Å². The van der Waals surface area contributed by atoms with Crippen LogP contribution in [0.4, 0.5) is 0 Å². The molecule has 0 spiro atoms. The molecule has 1 rings (SSSR count). The molecule has 3 heteroatoms. The topological polar surface area (TPSA) is 29.1 Å². The molecule has 0 fully saturated rings. The molecule has 0 saturated carbocycles. The van der Waals surface area contributed by atoms with Gasteiger partial charge < -0.3 is 5.32 Å². The molecular weight excluding hydrogens is 206 g/mol. The van der Waals surface area contributed by atoms with E-state index in [1.807, 2.05) is 24.4 Å². The smallest absolute Gasteiger partial charge is 0.221 e. The maximum Gasteiger partial charge on any atom is 0.221 e. The number of nitrogens with one attached hydrogen (secondary N) is 1. The van der Waals surface area contributed by atoms with Gasteiger partial charge in [-0.1, -0.05) is 26.8 Å². The van der Waals surface area contributed by atoms with E-state index in [0.29, 0.717) is 6.42 Å². The summed E-state index contributed by atoms with van der Waals surface area (Å²) >= 11 is 1.68. The van der Waals surface area contributed by atoms with Crippen LogP contribution in [-0.2, 0) is 4.79 Å². The highest BCUT2D eigenvalue weighted by atomic mass is 32.1. The zero-order valence-corrected chi connectivity index (χ0v) is 10.6. The molecule has 0 radical (unpaired) electrons. The second-order valence-electron chi connectivity index (χ2n) is 5.04. The summed E-state index contributed by atoms with van der Waals surface area (Å²) in [7, 11) is 0. The summed E-state index contributed by atoms with van der Waals surface area (Å²) in [5.74, 6) is 0.128. The maximum absolute atomic E-state index is 11.7. The van der Waals surface area contributed by atoms with E-state index in [1.165, 1.54) is 4.88 Å². The Morgan fingerprint density at radius 2 is 2.20 bits per heavy atom. The number of hydrogen-bond acceptors (Lipinski definition) is 2. The van der Waals surface area contributed by atoms with Crippen molar-refractivity contribution in [2.45, 2.75) is 40.2 Å². The van der Waals surface area contributed by atoms with Gasteiger partial charge in [0.05, 0.1) is 6.04 Å². The van der Waals surface area contributed by atoms with Crippen molar-refractivity contribution in [3.8, 4) is 0 Å². The van der Waals surface area contributed by atoms with Crippen molar-refractivity contribution >= 4 is 17.2 Å². The molecule has 1 heterocycles. The standard InChI is InChI=1S/C12H19NOS/c1-9(10-6-5-7-15-10)13-11(14)8-12(2,3)4/h5-7,9H,8H2,1-4H3,(H,13,14)/t9-/m0/s1. The van der Waals surface area contributed by atoms with Crippen molar-refractivity contribution in [3.63, 3.8) is 0 Å². The predicted octanol–water partition coefficient (Wildman–Crippen LogP) is 3.36. The summed E-state index contributed by atoms with van der Waals surface area (Å²) in [5, 5.41) is 5.04. The van der Waals surface area contributed by atoms with Crippen molar-refractivity contribution in [2.75, 3.05) is 0 Å². The van der Waals surface area contributed by atoms with Crippen molar-refractivity contribution < 1.29 is 4.79 Å². The minimum Gasteiger partial charge on any atom is -0.349 e. The van der Waals surface area contributed by atoms with E-state index in [4.69, 9.17) is 0 Å². The molecule has 0 aromatic carbocycles. The fourth-order valence-corrected chi connectivity index (χ4v) is 2.12. The molecular formula is C12H19NOS. The summed E-state index contributed by atoms with van der Waals surface area (Å²) in [6, 6.07) is 4.18. The number of rotatable bonds is 3. The lowest BCUT2D eigenvalue weighted by molar-refractivity contribution is -0.123. The third-order valence-corrected chi connectivity index (χ3v) is 3.09. The summed E-state index contributed by atoms with van der Waals surface area (Å²) in [6.45, 7) is 8.24. The molecule has 1 atom stereocenters. The first-order valence-corrected chi connectivity index (χ1v) is 6.09. The predicted molar refractivity (Wildman–Crippen MR) is 64.9 cm³/mol. The lowest BCUT2D eigenvalue weighted by Crippen LogP contribution is -2.29. The van der Waals surface area contributed by atoms with Crippen LogP contribution in [0.2, 0.25) is 0 Å². The summed E-state index contributed by atoms with van der Waals surface area (Å²) in [5.41, 5.74) is 0.0548. The molecule has 1 amide bonds. The Bertz CT molecular complexity index is 311. The molecule has 1 aromatic rings. The summed E-state index contributed by atoms with van der Waals surface area (Å²) in [6.07, 6.45) is 0.572. The van der Waals surface area contributed by atoms with Crippen LogP contribution in [0.5, 0.6) is 0 Å². The SMILES string of the molecule is C[C@H](NC(=O)CC(C)(C)C)c1cccs1. The quantitative estimate of drug-likeness (QED) is 0.839. The molecule has 0 bridgehead atoms. The largest absolute Gasteiger partial charge is 0.349 e. The van der Waals surface area contributed by atoms with Gasteiger partial charge in [-0.25, -0.2) is 0 Å². The highest BCUT2D eigenvalue weighted by molar-refractivity contribution is 7.10. The first-order chi connectivity index (χ1) is 6.88. The molecule has 0 unspecified atom stereocenters. The molecule has 1 aromatic heterocycles. The Labute approximate surface area is 95.7 Å². The van der Waals surface area contributed by atoms with E-state index >= 15 is 0 Å². The Kier molecular flexibility index (Phi) is 3.91. The second-order valence-corrected chi connectivity index (χ2v) is 6.02. The van der Waals surface area contributed by atoms with E-state index < -0.39 is 0 Å². The molecule has 0 aliphatic carbocycles. The van der Waals surface area contributed by atoms with Crippen LogP contribution >= 0.6 is 11.3 Å². The van der Waals surface area contributed by atoms with Crippen LogP contribution in [0.1, 0.15) is 45.0 Å². The highest BCUT2D eigenvalue weighted by Gasteiger charge is 2.17. The Morgan fingerprint density at radius 1 is 1.53 bits per heavy atom. The zero-order chi connectivity index (χ0) is 11.5. The molecule has 0 saturated heterocycles. The molecule has 2 nitrogen and oxygen atoms in total. The van der Waals surface area contributed by atoms with Gasteiger partial charge in [0.25, 0.3) is 0 Å². The second kappa shape index (κ2) is 4.79. The molecule has 84 valence electrons. The minimum atomic E-state index is 0.0548. The third kappa shape index (κ3) is 4.47. The monoisotopic (exact) mass is 225 g/mol. The van der Waals surface area contributed by atoms with Gasteiger partial charge >= 0.3 is 0 Å². The van der Waals surface area contributed by atoms with Gasteiger partial charge in [-0.3, -0.25) is 4.79 Å². The van der Waals surface area contributed by atoms with Crippen LogP contribution in [0.25, 0.3) is 0 Å². The van der Waals surface area contributed by atoms with Crippen LogP contribution in [0.15, 0.2) is 17.5 Å². The fourth-order valence-electron chi connectivity index (χ4n) is 1.38.